The minimum absolute atomic E-state index is 0.598. The third-order valence-electron chi connectivity index (χ3n) is 6.64. The maximum Gasteiger partial charge on any atom is 0.203 e. The van der Waals surface area contributed by atoms with Crippen molar-refractivity contribution < 1.29 is 9.21 Å². The Balaban J connectivity index is 2.04. The molecule has 1 aromatic carbocycles. The summed E-state index contributed by atoms with van der Waals surface area (Å²) in [4.78, 5) is 14.0. The molecule has 0 radical (unpaired) electrons. The SMILES string of the molecule is CCC[N+](CC)=c1ccc2c(C3=CC=CC=C(C=O)C3)c3ccc(N(CC)CC)cc3oc-2c1. The van der Waals surface area contributed by atoms with Crippen LogP contribution in [0.3, 0.4) is 0 Å². The molecule has 2 aliphatic carbocycles. The minimum atomic E-state index is 0.598. The maximum atomic E-state index is 11.7. The summed E-state index contributed by atoms with van der Waals surface area (Å²) in [6.45, 7) is 12.6. The van der Waals surface area contributed by atoms with Crippen molar-refractivity contribution in [1.29, 1.82) is 0 Å². The molecule has 4 nitrogen and oxygen atoms in total. The van der Waals surface area contributed by atoms with E-state index in [0.717, 1.165) is 83.6 Å². The van der Waals surface area contributed by atoms with Crippen LogP contribution < -0.4 is 14.8 Å². The molecule has 176 valence electrons. The van der Waals surface area contributed by atoms with E-state index in [0.29, 0.717) is 6.42 Å². The molecule has 0 spiro atoms. The van der Waals surface area contributed by atoms with Gasteiger partial charge in [0.2, 0.25) is 5.36 Å². The molecule has 4 heteroatoms. The van der Waals surface area contributed by atoms with Crippen molar-refractivity contribution in [3.8, 4) is 11.3 Å². The van der Waals surface area contributed by atoms with E-state index >= 15 is 0 Å². The smallest absolute Gasteiger partial charge is 0.203 e. The van der Waals surface area contributed by atoms with Gasteiger partial charge in [0.25, 0.3) is 0 Å². The Kier molecular flexibility index (Phi) is 7.46. The number of carbonyl (C=O) groups excluding carboxylic acids is 1. The molecule has 0 saturated carbocycles. The summed E-state index contributed by atoms with van der Waals surface area (Å²) in [6, 6.07) is 13.1. The second kappa shape index (κ2) is 10.7. The Morgan fingerprint density at radius 3 is 2.50 bits per heavy atom. The first-order valence-corrected chi connectivity index (χ1v) is 12.5. The zero-order chi connectivity index (χ0) is 24.1. The van der Waals surface area contributed by atoms with Gasteiger partial charge in [0, 0.05) is 54.7 Å². The van der Waals surface area contributed by atoms with Crippen LogP contribution in [0.5, 0.6) is 0 Å². The number of anilines is 1. The van der Waals surface area contributed by atoms with E-state index in [9.17, 15) is 4.79 Å². The fourth-order valence-electron chi connectivity index (χ4n) is 4.88. The molecule has 1 aromatic rings. The van der Waals surface area contributed by atoms with Gasteiger partial charge in [-0.25, -0.2) is 4.58 Å². The van der Waals surface area contributed by atoms with Crippen molar-refractivity contribution in [1.82, 2.24) is 4.58 Å². The van der Waals surface area contributed by atoms with Crippen LogP contribution in [0, 0.1) is 0 Å². The third kappa shape index (κ3) is 4.63. The van der Waals surface area contributed by atoms with E-state index < -0.39 is 0 Å². The van der Waals surface area contributed by atoms with Crippen LogP contribution >= 0.6 is 0 Å². The predicted molar refractivity (Wildman–Crippen MR) is 143 cm³/mol. The van der Waals surface area contributed by atoms with Crippen LogP contribution in [0.25, 0.3) is 27.9 Å². The fraction of sp³-hybridized carbons (Fsp3) is 0.333. The summed E-state index contributed by atoms with van der Waals surface area (Å²) in [5, 5.41) is 2.25. The molecule has 1 aliphatic heterocycles. The highest BCUT2D eigenvalue weighted by molar-refractivity contribution is 6.00. The molecule has 1 heterocycles. The van der Waals surface area contributed by atoms with Gasteiger partial charge in [-0.1, -0.05) is 31.2 Å². The van der Waals surface area contributed by atoms with Gasteiger partial charge in [-0.2, -0.15) is 0 Å². The summed E-state index contributed by atoms with van der Waals surface area (Å²) >= 11 is 0. The zero-order valence-corrected chi connectivity index (χ0v) is 20.8. The van der Waals surface area contributed by atoms with Crippen molar-refractivity contribution in [2.45, 2.75) is 40.5 Å². The van der Waals surface area contributed by atoms with Crippen LogP contribution in [-0.4, -0.2) is 32.5 Å². The van der Waals surface area contributed by atoms with E-state index in [1.807, 2.05) is 18.2 Å². The molecule has 3 aliphatic rings. The maximum absolute atomic E-state index is 11.7. The Morgan fingerprint density at radius 1 is 1.00 bits per heavy atom. The second-order valence-electron chi connectivity index (χ2n) is 8.70. The number of carbonyl (C=O) groups is 1. The summed E-state index contributed by atoms with van der Waals surface area (Å²) in [6.07, 6.45) is 10.6. The standard InChI is InChI=1S/C30H35N2O2/c1-5-17-32(8-4)25-14-16-27-29(20-25)34-28-19-24(31(6-2)7-3)13-15-26(28)30(27)23-12-10-9-11-22(18-23)21-33/h9-16,19-21H,5-8,17-18H2,1-4H3/q+1. The quantitative estimate of drug-likeness (QED) is 0.236. The molecule has 0 fully saturated rings. The van der Waals surface area contributed by atoms with Crippen LogP contribution in [0.2, 0.25) is 0 Å². The van der Waals surface area contributed by atoms with Gasteiger partial charge in [-0.3, -0.25) is 4.79 Å². The van der Waals surface area contributed by atoms with Crippen LogP contribution in [0.15, 0.2) is 70.7 Å². The van der Waals surface area contributed by atoms with Gasteiger partial charge in [-0.05, 0) is 55.7 Å². The topological polar surface area (TPSA) is 36.5 Å². The second-order valence-corrected chi connectivity index (χ2v) is 8.70. The molecule has 4 rings (SSSR count). The van der Waals surface area contributed by atoms with Crippen molar-refractivity contribution in [3.05, 3.63) is 77.2 Å². The van der Waals surface area contributed by atoms with E-state index in [2.05, 4.69) is 79.6 Å². The van der Waals surface area contributed by atoms with E-state index in [4.69, 9.17) is 4.42 Å². The van der Waals surface area contributed by atoms with Crippen molar-refractivity contribution >= 4 is 28.5 Å². The van der Waals surface area contributed by atoms with Crippen LogP contribution in [0.4, 0.5) is 5.69 Å². The molecule has 0 saturated heterocycles. The summed E-state index contributed by atoms with van der Waals surface area (Å²) < 4.78 is 8.95. The van der Waals surface area contributed by atoms with Crippen LogP contribution in [-0.2, 0) is 4.79 Å². The van der Waals surface area contributed by atoms with Crippen molar-refractivity contribution in [3.63, 3.8) is 0 Å². The Labute approximate surface area is 202 Å². The average Bonchev–Trinajstić information content (AvgIpc) is 3.11. The van der Waals surface area contributed by atoms with E-state index in [1.165, 1.54) is 5.36 Å². The van der Waals surface area contributed by atoms with Gasteiger partial charge in [0.05, 0.1) is 6.07 Å². The van der Waals surface area contributed by atoms with E-state index in [1.54, 1.807) is 0 Å². The first kappa shape index (κ1) is 23.7. The van der Waals surface area contributed by atoms with E-state index in [-0.39, 0.29) is 0 Å². The number of hydrogen-bond acceptors (Lipinski definition) is 3. The lowest BCUT2D eigenvalue weighted by Gasteiger charge is -2.22. The molecule has 0 unspecified atom stereocenters. The monoisotopic (exact) mass is 455 g/mol. The number of hydrogen-bond donors (Lipinski definition) is 0. The number of rotatable bonds is 8. The van der Waals surface area contributed by atoms with Gasteiger partial charge < -0.3 is 9.32 Å². The predicted octanol–water partition coefficient (Wildman–Crippen LogP) is 6.05. The molecular formula is C30H35N2O2+. The molecule has 0 amide bonds. The van der Waals surface area contributed by atoms with Crippen LogP contribution in [0.1, 0.15) is 46.1 Å². The minimum Gasteiger partial charge on any atom is -0.456 e. The normalized spacial score (nSPS) is 14.6. The van der Waals surface area contributed by atoms with Gasteiger partial charge in [0.15, 0.2) is 0 Å². The van der Waals surface area contributed by atoms with Gasteiger partial charge in [-0.15, -0.1) is 0 Å². The summed E-state index contributed by atoms with van der Waals surface area (Å²) in [7, 11) is 0. The molecule has 34 heavy (non-hydrogen) atoms. The highest BCUT2D eigenvalue weighted by atomic mass is 16.3. The highest BCUT2D eigenvalue weighted by Crippen LogP contribution is 2.40. The molecule has 0 aromatic heterocycles. The molecule has 0 atom stereocenters. The fourth-order valence-corrected chi connectivity index (χ4v) is 4.88. The molecular weight excluding hydrogens is 420 g/mol. The van der Waals surface area contributed by atoms with Crippen molar-refractivity contribution in [2.75, 3.05) is 31.1 Å². The lowest BCUT2D eigenvalue weighted by molar-refractivity contribution is -0.104. The van der Waals surface area contributed by atoms with Crippen molar-refractivity contribution in [2.24, 2.45) is 0 Å². The highest BCUT2D eigenvalue weighted by Gasteiger charge is 2.21. The number of aldehydes is 1. The number of allylic oxidation sites excluding steroid dienone is 6. The summed E-state index contributed by atoms with van der Waals surface area (Å²) in [5.41, 5.74) is 6.15. The molecule has 0 bridgehead atoms. The number of nitrogens with zero attached hydrogens (tertiary/aromatic N) is 2. The van der Waals surface area contributed by atoms with Gasteiger partial charge >= 0.3 is 0 Å². The zero-order valence-electron chi connectivity index (χ0n) is 20.8. The number of fused-ring (bicyclic) bond motifs is 2. The Morgan fingerprint density at radius 2 is 1.79 bits per heavy atom. The first-order chi connectivity index (χ1) is 16.6. The molecule has 0 N–H and O–H groups in total. The summed E-state index contributed by atoms with van der Waals surface area (Å²) in [5.74, 6) is 0.872. The average molecular weight is 456 g/mol. The largest absolute Gasteiger partial charge is 0.456 e. The Hall–Kier alpha value is -3.40. The lowest BCUT2D eigenvalue weighted by atomic mass is 9.90. The van der Waals surface area contributed by atoms with Gasteiger partial charge in [0.1, 0.15) is 30.7 Å². The number of benzene rings is 2. The first-order valence-electron chi connectivity index (χ1n) is 12.5. The third-order valence-corrected chi connectivity index (χ3v) is 6.64. The lowest BCUT2D eigenvalue weighted by Crippen LogP contribution is -2.30. The Bertz CT molecular complexity index is 1320.